The first-order valence-corrected chi connectivity index (χ1v) is 7.23. The zero-order chi connectivity index (χ0) is 18.8. The molecule has 0 radical (unpaired) electrons. The highest BCUT2D eigenvalue weighted by atomic mass is 19.1. The van der Waals surface area contributed by atoms with Crippen LogP contribution >= 0.6 is 0 Å². The molecule has 0 aliphatic rings. The maximum atomic E-state index is 13.9. The number of carbonyl (C=O) groups excluding carboxylic acids is 1. The molecule has 0 fully saturated rings. The van der Waals surface area contributed by atoms with Crippen LogP contribution in [0.2, 0.25) is 0 Å². The molecule has 3 N–H and O–H groups in total. The molecule has 1 aromatic heterocycles. The second-order valence-corrected chi connectivity index (χ2v) is 5.62. The molecule has 0 bridgehead atoms. The zero-order valence-electron chi connectivity index (χ0n) is 13.5. The first kappa shape index (κ1) is 18.3. The molecule has 1 aromatic carbocycles. The van der Waals surface area contributed by atoms with Crippen LogP contribution in [-0.2, 0) is 4.79 Å². The highest BCUT2D eigenvalue weighted by Gasteiger charge is 2.31. The number of nitrogens with one attached hydrogen (secondary N) is 1. The van der Waals surface area contributed by atoms with Gasteiger partial charge in [0.25, 0.3) is 5.91 Å². The van der Waals surface area contributed by atoms with Crippen molar-refractivity contribution < 1.29 is 24.2 Å². The number of carboxylic acid groups (broad SMARTS) is 1. The average molecular weight is 349 g/mol. The molecule has 132 valence electrons. The summed E-state index contributed by atoms with van der Waals surface area (Å²) in [7, 11) is 0. The van der Waals surface area contributed by atoms with Gasteiger partial charge >= 0.3 is 5.97 Å². The quantitative estimate of drug-likeness (QED) is 0.711. The van der Waals surface area contributed by atoms with E-state index in [1.54, 1.807) is 6.07 Å². The summed E-state index contributed by atoms with van der Waals surface area (Å²) in [6.45, 7) is 1.89. The van der Waals surface area contributed by atoms with Crippen LogP contribution in [0.15, 0.2) is 35.1 Å². The normalized spacial score (nSPS) is 13.1. The fourth-order valence-electron chi connectivity index (χ4n) is 1.98. The van der Waals surface area contributed by atoms with Gasteiger partial charge in [-0.25, -0.2) is 13.9 Å². The van der Waals surface area contributed by atoms with E-state index in [9.17, 15) is 23.9 Å². The summed E-state index contributed by atoms with van der Waals surface area (Å²) in [5, 5.41) is 24.4. The Kier molecular flexibility index (Phi) is 4.98. The van der Waals surface area contributed by atoms with Crippen LogP contribution in [0.1, 0.15) is 23.1 Å². The van der Waals surface area contributed by atoms with Gasteiger partial charge in [-0.05, 0) is 26.0 Å². The van der Waals surface area contributed by atoms with Crippen molar-refractivity contribution in [2.75, 3.05) is 6.54 Å². The van der Waals surface area contributed by atoms with Crippen LogP contribution in [-0.4, -0.2) is 44.0 Å². The number of halogens is 1. The fraction of sp³-hybridized carbons (Fsp3) is 0.250. The summed E-state index contributed by atoms with van der Waals surface area (Å²) >= 11 is 0. The molecule has 0 saturated carbocycles. The van der Waals surface area contributed by atoms with E-state index in [1.807, 2.05) is 0 Å². The SMILES string of the molecule is Cc1cc(=O)c(C(=O)NCC(C)(O)C(=O)O)nn1-c1ccccc1F. The first-order chi connectivity index (χ1) is 11.6. The van der Waals surface area contributed by atoms with Crippen molar-refractivity contribution in [2.45, 2.75) is 19.4 Å². The Morgan fingerprint density at radius 2 is 2.00 bits per heavy atom. The van der Waals surface area contributed by atoms with Gasteiger partial charge in [0, 0.05) is 11.8 Å². The summed E-state index contributed by atoms with van der Waals surface area (Å²) in [6, 6.07) is 6.80. The summed E-state index contributed by atoms with van der Waals surface area (Å²) in [6.07, 6.45) is 0. The summed E-state index contributed by atoms with van der Waals surface area (Å²) < 4.78 is 15.0. The van der Waals surface area contributed by atoms with Crippen LogP contribution in [0.3, 0.4) is 0 Å². The van der Waals surface area contributed by atoms with E-state index in [2.05, 4.69) is 10.4 Å². The number of para-hydroxylation sites is 1. The lowest BCUT2D eigenvalue weighted by atomic mass is 10.1. The van der Waals surface area contributed by atoms with Gasteiger partial charge in [-0.15, -0.1) is 0 Å². The van der Waals surface area contributed by atoms with Gasteiger partial charge in [-0.3, -0.25) is 9.59 Å². The molecule has 2 aromatic rings. The van der Waals surface area contributed by atoms with Gasteiger partial charge in [0.1, 0.15) is 11.5 Å². The molecular weight excluding hydrogens is 333 g/mol. The van der Waals surface area contributed by atoms with Crippen LogP contribution < -0.4 is 10.7 Å². The van der Waals surface area contributed by atoms with E-state index in [4.69, 9.17) is 5.11 Å². The lowest BCUT2D eigenvalue weighted by Gasteiger charge is -2.18. The number of aromatic nitrogens is 2. The van der Waals surface area contributed by atoms with Crippen molar-refractivity contribution in [3.05, 3.63) is 57.8 Å². The van der Waals surface area contributed by atoms with Crippen LogP contribution in [0, 0.1) is 12.7 Å². The standard InChI is InChI=1S/C16H16FN3O5/c1-9-7-12(21)13(14(22)18-8-16(2,25)15(23)24)19-20(9)11-6-4-3-5-10(11)17/h3-7,25H,8H2,1-2H3,(H,18,22)(H,23,24). The zero-order valence-corrected chi connectivity index (χ0v) is 13.5. The molecule has 0 saturated heterocycles. The lowest BCUT2D eigenvalue weighted by molar-refractivity contribution is -0.155. The van der Waals surface area contributed by atoms with E-state index in [0.29, 0.717) is 5.69 Å². The van der Waals surface area contributed by atoms with Crippen LogP contribution in [0.4, 0.5) is 4.39 Å². The third-order valence-corrected chi connectivity index (χ3v) is 3.46. The molecule has 0 aliphatic heterocycles. The Labute approximate surface area is 141 Å². The van der Waals surface area contributed by atoms with Gasteiger partial charge in [0.15, 0.2) is 11.3 Å². The van der Waals surface area contributed by atoms with E-state index in [1.165, 1.54) is 25.1 Å². The number of amides is 1. The summed E-state index contributed by atoms with van der Waals surface area (Å²) in [5.41, 5.74) is -3.10. The topological polar surface area (TPSA) is 122 Å². The van der Waals surface area contributed by atoms with E-state index < -0.39 is 41.0 Å². The van der Waals surface area contributed by atoms with E-state index >= 15 is 0 Å². The minimum atomic E-state index is -2.20. The molecule has 1 amide bonds. The Balaban J connectivity index is 2.38. The number of carboxylic acids is 1. The molecule has 0 spiro atoms. The number of nitrogens with zero attached hydrogens (tertiary/aromatic N) is 2. The smallest absolute Gasteiger partial charge is 0.337 e. The number of carbonyl (C=O) groups is 2. The third-order valence-electron chi connectivity index (χ3n) is 3.46. The molecule has 9 heteroatoms. The van der Waals surface area contributed by atoms with Gasteiger partial charge in [0.2, 0.25) is 5.43 Å². The monoisotopic (exact) mass is 349 g/mol. The fourth-order valence-corrected chi connectivity index (χ4v) is 1.98. The van der Waals surface area contributed by atoms with E-state index in [0.717, 1.165) is 17.7 Å². The maximum Gasteiger partial charge on any atom is 0.337 e. The predicted octanol–water partition coefficient (Wildman–Crippen LogP) is 0.245. The van der Waals surface area contributed by atoms with Crippen molar-refractivity contribution in [1.82, 2.24) is 15.1 Å². The highest BCUT2D eigenvalue weighted by Crippen LogP contribution is 2.13. The van der Waals surface area contributed by atoms with Crippen molar-refractivity contribution in [3.63, 3.8) is 0 Å². The van der Waals surface area contributed by atoms with Crippen molar-refractivity contribution >= 4 is 11.9 Å². The number of aliphatic hydroxyl groups is 1. The molecule has 1 atom stereocenters. The van der Waals surface area contributed by atoms with Crippen LogP contribution in [0.25, 0.3) is 5.69 Å². The minimum absolute atomic E-state index is 0.0478. The van der Waals surface area contributed by atoms with Crippen molar-refractivity contribution in [1.29, 1.82) is 0 Å². The molecule has 25 heavy (non-hydrogen) atoms. The maximum absolute atomic E-state index is 13.9. The third kappa shape index (κ3) is 3.89. The van der Waals surface area contributed by atoms with Gasteiger partial charge in [-0.1, -0.05) is 12.1 Å². The molecular formula is C16H16FN3O5. The number of aryl methyl sites for hydroxylation is 1. The first-order valence-electron chi connectivity index (χ1n) is 7.23. The number of benzene rings is 1. The largest absolute Gasteiger partial charge is 0.479 e. The number of hydrogen-bond donors (Lipinski definition) is 3. The Hall–Kier alpha value is -3.07. The summed E-state index contributed by atoms with van der Waals surface area (Å²) in [5.74, 6) is -3.10. The molecule has 2 rings (SSSR count). The molecule has 8 nitrogen and oxygen atoms in total. The molecule has 0 aliphatic carbocycles. The number of hydrogen-bond acceptors (Lipinski definition) is 5. The molecule has 1 unspecified atom stereocenters. The van der Waals surface area contributed by atoms with E-state index in [-0.39, 0.29) is 5.69 Å². The van der Waals surface area contributed by atoms with Crippen molar-refractivity contribution in [2.24, 2.45) is 0 Å². The minimum Gasteiger partial charge on any atom is -0.479 e. The Morgan fingerprint density at radius 3 is 2.60 bits per heavy atom. The summed E-state index contributed by atoms with van der Waals surface area (Å²) in [4.78, 5) is 35.0. The van der Waals surface area contributed by atoms with Crippen molar-refractivity contribution in [3.8, 4) is 5.69 Å². The lowest BCUT2D eigenvalue weighted by Crippen LogP contribution is -2.47. The number of rotatable bonds is 5. The Morgan fingerprint density at radius 1 is 1.36 bits per heavy atom. The van der Waals surface area contributed by atoms with Gasteiger partial charge < -0.3 is 15.5 Å². The van der Waals surface area contributed by atoms with Gasteiger partial charge in [0.05, 0.1) is 6.54 Å². The highest BCUT2D eigenvalue weighted by molar-refractivity contribution is 5.92. The second-order valence-electron chi connectivity index (χ2n) is 5.62. The van der Waals surface area contributed by atoms with Gasteiger partial charge in [-0.2, -0.15) is 5.10 Å². The molecule has 1 heterocycles. The predicted molar refractivity (Wildman–Crippen MR) is 85.1 cm³/mol. The van der Waals surface area contributed by atoms with Crippen LogP contribution in [0.5, 0.6) is 0 Å². The Bertz CT molecular complexity index is 892. The number of aliphatic carboxylic acids is 1. The second kappa shape index (κ2) is 6.81. The average Bonchev–Trinajstić information content (AvgIpc) is 2.53.